The molecule has 4 nitrogen and oxygen atoms in total. The molecule has 4 aromatic carbocycles. The number of anilines is 2. The van der Waals surface area contributed by atoms with Gasteiger partial charge in [-0.25, -0.2) is 0 Å². The smallest absolute Gasteiger partial charge is 0.228 e. The number of likely N-dealkylation sites (N-methyl/N-ethyl adjacent to an activating group) is 1. The first kappa shape index (κ1) is 20.8. The standard InChI is InChI=1S/C31H31N3O/c1-30(2)28-22-12-6-5-11-21(22)15-16-25(28)33(3)31(30)20-32-29-24-14-8-7-13-23(24)26(19-27(29)35-31)34-17-9-4-10-18-34/h5-8,11-16,19-20H,4,9-10,17-18H2,1-3H3. The predicted molar refractivity (Wildman–Crippen MR) is 147 cm³/mol. The van der Waals surface area contributed by atoms with Gasteiger partial charge in [0.15, 0.2) is 5.75 Å². The molecular formula is C31H31N3O. The maximum absolute atomic E-state index is 7.13. The van der Waals surface area contributed by atoms with Crippen LogP contribution < -0.4 is 14.5 Å². The lowest BCUT2D eigenvalue weighted by atomic mass is 9.76. The van der Waals surface area contributed by atoms with E-state index in [0.29, 0.717) is 0 Å². The van der Waals surface area contributed by atoms with E-state index in [9.17, 15) is 0 Å². The van der Waals surface area contributed by atoms with Crippen molar-refractivity contribution in [2.24, 2.45) is 4.99 Å². The molecule has 1 fully saturated rings. The summed E-state index contributed by atoms with van der Waals surface area (Å²) in [6, 6.07) is 24.0. The molecule has 7 rings (SSSR count). The monoisotopic (exact) mass is 461 g/mol. The highest BCUT2D eigenvalue weighted by Gasteiger charge is 2.59. The van der Waals surface area contributed by atoms with Gasteiger partial charge in [-0.3, -0.25) is 4.99 Å². The zero-order chi connectivity index (χ0) is 23.8. The van der Waals surface area contributed by atoms with E-state index in [4.69, 9.17) is 9.73 Å². The van der Waals surface area contributed by atoms with Crippen LogP contribution in [0.25, 0.3) is 21.5 Å². The Kier molecular flexibility index (Phi) is 4.30. The lowest BCUT2D eigenvalue weighted by Gasteiger charge is -2.45. The van der Waals surface area contributed by atoms with E-state index in [0.717, 1.165) is 29.9 Å². The first-order valence-electron chi connectivity index (χ1n) is 12.8. The van der Waals surface area contributed by atoms with E-state index in [1.165, 1.54) is 52.4 Å². The predicted octanol–water partition coefficient (Wildman–Crippen LogP) is 7.20. The Morgan fingerprint density at radius 3 is 2.31 bits per heavy atom. The molecule has 35 heavy (non-hydrogen) atoms. The summed E-state index contributed by atoms with van der Waals surface area (Å²) in [5.74, 6) is 0.879. The van der Waals surface area contributed by atoms with Crippen molar-refractivity contribution in [3.8, 4) is 5.75 Å². The van der Waals surface area contributed by atoms with E-state index in [2.05, 4.69) is 104 Å². The minimum atomic E-state index is -0.700. The van der Waals surface area contributed by atoms with Gasteiger partial charge in [0.1, 0.15) is 5.69 Å². The summed E-state index contributed by atoms with van der Waals surface area (Å²) in [4.78, 5) is 9.96. The molecule has 1 atom stereocenters. The van der Waals surface area contributed by atoms with Crippen LogP contribution in [0.1, 0.15) is 38.7 Å². The second-order valence-electron chi connectivity index (χ2n) is 10.8. The number of ether oxygens (including phenoxy) is 1. The van der Waals surface area contributed by atoms with Gasteiger partial charge >= 0.3 is 0 Å². The molecule has 1 saturated heterocycles. The second kappa shape index (κ2) is 7.24. The number of nitrogens with zero attached hydrogens (tertiary/aromatic N) is 3. The van der Waals surface area contributed by atoms with Gasteiger partial charge in [-0.05, 0) is 55.5 Å². The van der Waals surface area contributed by atoms with Crippen LogP contribution in [0.15, 0.2) is 71.7 Å². The minimum Gasteiger partial charge on any atom is -0.459 e. The van der Waals surface area contributed by atoms with Gasteiger partial charge in [0.05, 0.1) is 11.6 Å². The Morgan fingerprint density at radius 1 is 0.800 bits per heavy atom. The fourth-order valence-corrected chi connectivity index (χ4v) is 6.69. The summed E-state index contributed by atoms with van der Waals surface area (Å²) in [6.45, 7) is 6.79. The highest BCUT2D eigenvalue weighted by molar-refractivity contribution is 6.06. The zero-order valence-electron chi connectivity index (χ0n) is 20.7. The molecule has 0 amide bonds. The SMILES string of the molecule is CN1c2ccc3ccccc3c2C(C)(C)C12C=Nc1c(cc(N3CCCCC3)c3ccccc13)O2. The van der Waals surface area contributed by atoms with E-state index < -0.39 is 5.72 Å². The quantitative estimate of drug-likeness (QED) is 0.300. The number of fused-ring (bicyclic) bond motifs is 6. The Bertz CT molecular complexity index is 1510. The number of benzene rings is 4. The third kappa shape index (κ3) is 2.71. The van der Waals surface area contributed by atoms with Crippen LogP contribution in [0, 0.1) is 0 Å². The molecular weight excluding hydrogens is 430 g/mol. The molecule has 0 aromatic heterocycles. The maximum atomic E-state index is 7.13. The van der Waals surface area contributed by atoms with Gasteiger partial charge in [0.2, 0.25) is 5.72 Å². The van der Waals surface area contributed by atoms with E-state index in [-0.39, 0.29) is 5.41 Å². The molecule has 4 aromatic rings. The first-order chi connectivity index (χ1) is 17.0. The Balaban J connectivity index is 1.42. The number of aliphatic imine (C=N–C) groups is 1. The van der Waals surface area contributed by atoms with Crippen molar-refractivity contribution in [1.82, 2.24) is 0 Å². The Morgan fingerprint density at radius 2 is 1.51 bits per heavy atom. The van der Waals surface area contributed by atoms with Crippen molar-refractivity contribution in [3.63, 3.8) is 0 Å². The van der Waals surface area contributed by atoms with Gasteiger partial charge in [0.25, 0.3) is 0 Å². The van der Waals surface area contributed by atoms with Gasteiger partial charge in [-0.1, -0.05) is 54.6 Å². The van der Waals surface area contributed by atoms with Crippen LogP contribution in [-0.2, 0) is 5.41 Å². The highest BCUT2D eigenvalue weighted by atomic mass is 16.5. The fourth-order valence-electron chi connectivity index (χ4n) is 6.69. The molecule has 0 bridgehead atoms. The van der Waals surface area contributed by atoms with Crippen LogP contribution in [0.3, 0.4) is 0 Å². The number of piperidine rings is 1. The molecule has 4 heteroatoms. The summed E-state index contributed by atoms with van der Waals surface area (Å²) >= 11 is 0. The van der Waals surface area contributed by atoms with Crippen LogP contribution in [0.2, 0.25) is 0 Å². The van der Waals surface area contributed by atoms with Gasteiger partial charge in [-0.2, -0.15) is 0 Å². The molecule has 3 aliphatic heterocycles. The lowest BCUT2D eigenvalue weighted by molar-refractivity contribution is 0.0832. The largest absolute Gasteiger partial charge is 0.459 e. The zero-order valence-corrected chi connectivity index (χ0v) is 20.7. The van der Waals surface area contributed by atoms with Crippen LogP contribution in [0.4, 0.5) is 17.1 Å². The number of hydrogen-bond acceptors (Lipinski definition) is 4. The van der Waals surface area contributed by atoms with E-state index in [1.54, 1.807) is 0 Å². The summed E-state index contributed by atoms with van der Waals surface area (Å²) in [6.07, 6.45) is 5.85. The summed E-state index contributed by atoms with van der Waals surface area (Å²) in [7, 11) is 2.14. The third-order valence-electron chi connectivity index (χ3n) is 8.58. The Hall–Kier alpha value is -3.53. The normalized spacial score (nSPS) is 22.5. The van der Waals surface area contributed by atoms with Gasteiger partial charge < -0.3 is 14.5 Å². The Labute approximate surface area is 206 Å². The van der Waals surface area contributed by atoms with Crippen molar-refractivity contribution in [2.45, 2.75) is 44.2 Å². The molecule has 0 N–H and O–H groups in total. The molecule has 3 aliphatic rings. The van der Waals surface area contributed by atoms with Crippen molar-refractivity contribution >= 4 is 44.8 Å². The molecule has 0 saturated carbocycles. The van der Waals surface area contributed by atoms with E-state index >= 15 is 0 Å². The second-order valence-corrected chi connectivity index (χ2v) is 10.8. The fraction of sp³-hybridized carbons (Fsp3) is 0.323. The van der Waals surface area contributed by atoms with E-state index in [1.807, 2.05) is 0 Å². The van der Waals surface area contributed by atoms with Crippen molar-refractivity contribution in [1.29, 1.82) is 0 Å². The number of hydrogen-bond donors (Lipinski definition) is 0. The topological polar surface area (TPSA) is 28.1 Å². The van der Waals surface area contributed by atoms with Gasteiger partial charge in [0, 0.05) is 48.4 Å². The van der Waals surface area contributed by atoms with Gasteiger partial charge in [-0.15, -0.1) is 0 Å². The molecule has 176 valence electrons. The molecule has 0 radical (unpaired) electrons. The highest BCUT2D eigenvalue weighted by Crippen LogP contribution is 2.56. The summed E-state index contributed by atoms with van der Waals surface area (Å²) < 4.78 is 7.13. The lowest BCUT2D eigenvalue weighted by Crippen LogP contribution is -2.61. The maximum Gasteiger partial charge on any atom is 0.228 e. The van der Waals surface area contributed by atoms with Crippen molar-refractivity contribution < 1.29 is 4.74 Å². The van der Waals surface area contributed by atoms with Crippen LogP contribution in [0.5, 0.6) is 5.75 Å². The average Bonchev–Trinajstić information content (AvgIpc) is 3.06. The molecule has 1 unspecified atom stereocenters. The molecule has 0 aliphatic carbocycles. The minimum absolute atomic E-state index is 0.309. The molecule has 3 heterocycles. The average molecular weight is 462 g/mol. The van der Waals surface area contributed by atoms with Crippen LogP contribution >= 0.6 is 0 Å². The number of rotatable bonds is 1. The molecule has 1 spiro atoms. The summed E-state index contributed by atoms with van der Waals surface area (Å²) in [5, 5.41) is 4.97. The summed E-state index contributed by atoms with van der Waals surface area (Å²) in [5.41, 5.74) is 3.74. The van der Waals surface area contributed by atoms with Crippen molar-refractivity contribution in [3.05, 3.63) is 72.3 Å². The van der Waals surface area contributed by atoms with Crippen molar-refractivity contribution in [2.75, 3.05) is 29.9 Å². The first-order valence-corrected chi connectivity index (χ1v) is 12.8. The van der Waals surface area contributed by atoms with Crippen LogP contribution in [-0.4, -0.2) is 32.1 Å². The third-order valence-corrected chi connectivity index (χ3v) is 8.58.